The average molecular weight is 978 g/mol. The molecular formula is C47H63N9O12S. The molecule has 2 aromatic carbocycles. The Morgan fingerprint density at radius 1 is 0.899 bits per heavy atom. The third-order valence-electron chi connectivity index (χ3n) is 13.7. The summed E-state index contributed by atoms with van der Waals surface area (Å²) in [6.45, 7) is 1.50. The Bertz CT molecular complexity index is 2630. The van der Waals surface area contributed by atoms with Gasteiger partial charge in [0.05, 0.1) is 15.9 Å². The van der Waals surface area contributed by atoms with Crippen LogP contribution >= 0.6 is 0 Å². The van der Waals surface area contributed by atoms with Crippen LogP contribution < -0.4 is 33.1 Å². The first kappa shape index (κ1) is 52.0. The third-order valence-corrected chi connectivity index (χ3v) is 14.8. The molecule has 7 rings (SSSR count). The highest BCUT2D eigenvalue weighted by molar-refractivity contribution is 7.90. The minimum Gasteiger partial charge on any atom is -0.481 e. The van der Waals surface area contributed by atoms with E-state index in [2.05, 4.69) is 16.0 Å². The van der Waals surface area contributed by atoms with E-state index in [1.165, 1.54) is 26.2 Å². The Balaban J connectivity index is 0.00000188. The Kier molecular flexibility index (Phi) is 16.8. The van der Waals surface area contributed by atoms with Crippen molar-refractivity contribution in [1.82, 2.24) is 34.9 Å². The second-order valence-electron chi connectivity index (χ2n) is 18.6. The molecule has 69 heavy (non-hydrogen) atoms. The number of piperidine rings is 1. The highest BCUT2D eigenvalue weighted by atomic mass is 32.2. The molecule has 4 aliphatic rings. The minimum absolute atomic E-state index is 0.0141. The zero-order chi connectivity index (χ0) is 50.3. The molecule has 7 amide bonds. The quantitative estimate of drug-likeness (QED) is 0.120. The number of carbonyl (C=O) groups excluding carboxylic acids is 7. The molecule has 3 saturated heterocycles. The number of carboxylic acid groups (broad SMARTS) is 1. The van der Waals surface area contributed by atoms with E-state index in [-0.39, 0.29) is 73.1 Å². The number of carbonyl (C=O) groups is 8. The molecule has 1 aliphatic carbocycles. The number of amides is 7. The van der Waals surface area contributed by atoms with Crippen LogP contribution in [0.3, 0.4) is 0 Å². The van der Waals surface area contributed by atoms with Crippen LogP contribution in [0.2, 0.25) is 0 Å². The summed E-state index contributed by atoms with van der Waals surface area (Å²) >= 11 is 0. The van der Waals surface area contributed by atoms with Crippen LogP contribution in [0, 0.1) is 11.8 Å². The van der Waals surface area contributed by atoms with Crippen molar-refractivity contribution in [2.24, 2.45) is 30.4 Å². The Morgan fingerprint density at radius 2 is 1.57 bits per heavy atom. The van der Waals surface area contributed by atoms with Crippen molar-refractivity contribution in [1.29, 1.82) is 0 Å². The van der Waals surface area contributed by atoms with Crippen LogP contribution in [0.1, 0.15) is 101 Å². The number of hydrogen-bond acceptors (Lipinski definition) is 12. The fraction of sp³-hybridized carbons (Fsp3) is 0.553. The maximum atomic E-state index is 14.0. The van der Waals surface area contributed by atoms with Gasteiger partial charge in [-0.25, -0.2) is 13.2 Å². The van der Waals surface area contributed by atoms with Gasteiger partial charge >= 0.3 is 5.69 Å². The first-order valence-corrected chi connectivity index (χ1v) is 25.3. The van der Waals surface area contributed by atoms with Crippen molar-refractivity contribution in [2.75, 3.05) is 19.3 Å². The van der Waals surface area contributed by atoms with E-state index in [4.69, 9.17) is 21.4 Å². The summed E-state index contributed by atoms with van der Waals surface area (Å²) in [5, 5.41) is 15.2. The number of rotatable bonds is 14. The largest absolute Gasteiger partial charge is 0.481 e. The summed E-state index contributed by atoms with van der Waals surface area (Å²) < 4.78 is 26.7. The molecule has 8 N–H and O–H groups in total. The van der Waals surface area contributed by atoms with E-state index in [0.717, 1.165) is 49.9 Å². The number of nitrogens with zero attached hydrogens (tertiary/aromatic N) is 4. The molecule has 0 bridgehead atoms. The van der Waals surface area contributed by atoms with Crippen molar-refractivity contribution >= 4 is 68.2 Å². The monoisotopic (exact) mass is 977 g/mol. The number of aliphatic carboxylic acids is 1. The van der Waals surface area contributed by atoms with E-state index in [1.54, 1.807) is 24.1 Å². The molecule has 1 aromatic heterocycles. The lowest BCUT2D eigenvalue weighted by Gasteiger charge is -2.39. The normalized spacial score (nSPS) is 23.4. The van der Waals surface area contributed by atoms with Gasteiger partial charge in [0, 0.05) is 64.7 Å². The second-order valence-corrected chi connectivity index (χ2v) is 20.7. The van der Waals surface area contributed by atoms with E-state index >= 15 is 0 Å². The van der Waals surface area contributed by atoms with Crippen LogP contribution in [-0.4, -0.2) is 123 Å². The topological polar surface area (TPSA) is 312 Å². The first-order chi connectivity index (χ1) is 32.6. The van der Waals surface area contributed by atoms with Crippen molar-refractivity contribution < 1.29 is 51.9 Å². The van der Waals surface area contributed by atoms with E-state index in [0.29, 0.717) is 55.6 Å². The van der Waals surface area contributed by atoms with Crippen LogP contribution in [-0.2, 0) is 68.2 Å². The van der Waals surface area contributed by atoms with Gasteiger partial charge < -0.3 is 37.0 Å². The van der Waals surface area contributed by atoms with Crippen LogP contribution in [0.5, 0.6) is 0 Å². The molecule has 3 aromatic rings. The summed E-state index contributed by atoms with van der Waals surface area (Å²) in [6.07, 6.45) is 7.41. The lowest BCUT2D eigenvalue weighted by molar-refractivity contribution is -0.146. The minimum atomic E-state index is -3.40. The smallest absolute Gasteiger partial charge is 0.329 e. The van der Waals surface area contributed by atoms with Crippen LogP contribution in [0.4, 0.5) is 0 Å². The number of aryl methyl sites for hydroxylation is 2. The van der Waals surface area contributed by atoms with Crippen molar-refractivity contribution in [3.63, 3.8) is 0 Å². The summed E-state index contributed by atoms with van der Waals surface area (Å²) in [6, 6.07) is 7.62. The number of imide groups is 1. The zero-order valence-corrected chi connectivity index (χ0v) is 40.0. The number of fused-ring (bicyclic) bond motifs is 2. The number of nitrogens with two attached hydrogens (primary N) is 2. The lowest BCUT2D eigenvalue weighted by Crippen LogP contribution is -2.60. The fourth-order valence-electron chi connectivity index (χ4n) is 9.97. The Morgan fingerprint density at radius 3 is 2.20 bits per heavy atom. The standard InChI is InChI=1S/C45H59N9O10S.C2H4O2/c1-51-37-23-27(9-16-34(37)54(45(51)62)36-18-20-39(56)50-42(36)59)4-3-26-5-10-29(11-6-26)43(60)52-22-21-30-12-17-35(53(30)44(61)32(46)25-52)41(58)49-33(15-19-38(47)55)40(57)48-24-28-7-13-31(14-8-28)65(2,63)64;1-2(3)4/h7-9,13-14,16,23,26,29-30,32-33,35-36H,3-6,10-12,15,17-22,24-25,46H2,1-2H3,(H2,47,55)(H,48,57)(H,49,58)(H,50,56,59);1H3,(H,3,4)/t26?,29?,30-,32+,33+,35+,36?;/m1./s1. The van der Waals surface area contributed by atoms with Gasteiger partial charge in [-0.05, 0) is 112 Å². The van der Waals surface area contributed by atoms with Gasteiger partial charge in [0.1, 0.15) is 24.2 Å². The molecule has 1 unspecified atom stereocenters. The van der Waals surface area contributed by atoms with E-state index in [9.17, 15) is 46.8 Å². The van der Waals surface area contributed by atoms with Crippen molar-refractivity contribution in [3.05, 3.63) is 64.1 Å². The number of imidazole rings is 1. The number of nitrogens with one attached hydrogen (secondary N) is 3. The maximum Gasteiger partial charge on any atom is 0.329 e. The molecule has 5 atom stereocenters. The fourth-order valence-corrected chi connectivity index (χ4v) is 10.6. The first-order valence-electron chi connectivity index (χ1n) is 23.4. The Labute approximate surface area is 399 Å². The summed E-state index contributed by atoms with van der Waals surface area (Å²) in [5.74, 6) is -3.70. The van der Waals surface area contributed by atoms with Crippen LogP contribution in [0.15, 0.2) is 52.2 Å². The third kappa shape index (κ3) is 12.8. The second kappa shape index (κ2) is 22.3. The molecule has 374 valence electrons. The van der Waals surface area contributed by atoms with E-state index < -0.39 is 69.5 Å². The molecule has 1 saturated carbocycles. The predicted octanol–water partition coefficient (Wildman–Crippen LogP) is 0.537. The number of hydrogen-bond donors (Lipinski definition) is 6. The molecule has 0 spiro atoms. The average Bonchev–Trinajstić information content (AvgIpc) is 3.83. The Hall–Kier alpha value is -6.42. The molecule has 4 heterocycles. The highest BCUT2D eigenvalue weighted by Crippen LogP contribution is 2.35. The van der Waals surface area contributed by atoms with Gasteiger partial charge in [0.2, 0.25) is 41.4 Å². The maximum absolute atomic E-state index is 14.0. The van der Waals surface area contributed by atoms with E-state index in [1.807, 2.05) is 18.2 Å². The summed E-state index contributed by atoms with van der Waals surface area (Å²) in [7, 11) is -1.72. The van der Waals surface area contributed by atoms with Gasteiger partial charge in [-0.15, -0.1) is 0 Å². The highest BCUT2D eigenvalue weighted by Gasteiger charge is 2.45. The van der Waals surface area contributed by atoms with Crippen molar-refractivity contribution in [2.45, 2.75) is 132 Å². The number of carboxylic acids is 1. The molecule has 0 radical (unpaired) electrons. The lowest BCUT2D eigenvalue weighted by atomic mass is 9.79. The number of aromatic nitrogens is 2. The SMILES string of the molecule is CC(=O)O.Cn1c(=O)n(C2CCC(=O)NC2=O)c2ccc(CCC3CCC(C(=O)N4CC[C@H]5CC[C@@H](C(=O)N[C@@H](CCC(N)=O)C(=O)NCc6ccc(S(C)(=O)=O)cc6)N5C(=O)[C@@H](N)C4)CC3)cc21. The van der Waals surface area contributed by atoms with Gasteiger partial charge in [0.25, 0.3) is 5.97 Å². The number of benzene rings is 2. The molecular weight excluding hydrogens is 915 g/mol. The summed E-state index contributed by atoms with van der Waals surface area (Å²) in [5.41, 5.74) is 14.6. The molecule has 22 heteroatoms. The van der Waals surface area contributed by atoms with Gasteiger partial charge in [-0.1, -0.05) is 18.2 Å². The number of primary amides is 1. The zero-order valence-electron chi connectivity index (χ0n) is 39.2. The molecule has 3 aliphatic heterocycles. The van der Waals surface area contributed by atoms with Crippen LogP contribution in [0.25, 0.3) is 11.0 Å². The van der Waals surface area contributed by atoms with Gasteiger partial charge in [-0.3, -0.25) is 52.8 Å². The number of sulfone groups is 1. The molecule has 21 nitrogen and oxygen atoms in total. The van der Waals surface area contributed by atoms with Gasteiger partial charge in [0.15, 0.2) is 9.84 Å². The predicted molar refractivity (Wildman–Crippen MR) is 250 cm³/mol. The molecule has 4 fully saturated rings. The van der Waals surface area contributed by atoms with Gasteiger partial charge in [-0.2, -0.15) is 0 Å². The summed E-state index contributed by atoms with van der Waals surface area (Å²) in [4.78, 5) is 117. The van der Waals surface area contributed by atoms with Crippen molar-refractivity contribution in [3.8, 4) is 0 Å².